The van der Waals surface area contributed by atoms with Gasteiger partial charge < -0.3 is 20.3 Å². The Morgan fingerprint density at radius 3 is 2.59 bits per heavy atom. The van der Waals surface area contributed by atoms with E-state index in [0.717, 1.165) is 38.3 Å². The summed E-state index contributed by atoms with van der Waals surface area (Å²) in [5.74, 6) is 1.37. The molecule has 2 rings (SSSR count). The molecule has 0 bridgehead atoms. The van der Waals surface area contributed by atoms with E-state index >= 15 is 0 Å². The summed E-state index contributed by atoms with van der Waals surface area (Å²) in [6.07, 6.45) is 3.81. The average molecular weight is 489 g/mol. The number of carbonyl (C=O) groups excluding carboxylic acids is 1. The second kappa shape index (κ2) is 11.3. The minimum Gasteiger partial charge on any atom is -0.459 e. The van der Waals surface area contributed by atoms with Gasteiger partial charge in [-0.1, -0.05) is 6.07 Å². The highest BCUT2D eigenvalue weighted by Crippen LogP contribution is 2.17. The van der Waals surface area contributed by atoms with Crippen LogP contribution in [0.3, 0.4) is 0 Å². The number of piperidine rings is 1. The van der Waals surface area contributed by atoms with E-state index in [9.17, 15) is 4.79 Å². The van der Waals surface area contributed by atoms with Crippen LogP contribution in [0.1, 0.15) is 40.5 Å². The standard InChI is InChI=1S/C19H31N5O2.HI/c1-5-20-18(22-14-17(25)26-19(2,3)4)23-15-9-12-24(13-10-15)16-8-6-7-11-21-16;/h6-8,11,15H,5,9-10,12-14H2,1-4H3,(H2,20,22,23);1H. The summed E-state index contributed by atoms with van der Waals surface area (Å²) in [4.78, 5) is 22.9. The molecule has 152 valence electrons. The SMILES string of the molecule is CCNC(=NCC(=O)OC(C)(C)C)NC1CCN(c2ccccn2)CC1.I. The van der Waals surface area contributed by atoms with Gasteiger partial charge in [0.1, 0.15) is 18.0 Å². The zero-order valence-electron chi connectivity index (χ0n) is 16.7. The molecule has 0 amide bonds. The van der Waals surface area contributed by atoms with Gasteiger partial charge in [-0.05, 0) is 52.7 Å². The number of guanidine groups is 1. The molecule has 1 aromatic rings. The van der Waals surface area contributed by atoms with E-state index in [1.165, 1.54) is 0 Å². The van der Waals surface area contributed by atoms with Crippen molar-refractivity contribution in [3.05, 3.63) is 24.4 Å². The average Bonchev–Trinajstić information content (AvgIpc) is 2.60. The molecule has 0 aromatic carbocycles. The van der Waals surface area contributed by atoms with Gasteiger partial charge in [-0.15, -0.1) is 24.0 Å². The van der Waals surface area contributed by atoms with Crippen LogP contribution in [0.2, 0.25) is 0 Å². The molecular formula is C19H32IN5O2. The quantitative estimate of drug-likeness (QED) is 0.287. The maximum Gasteiger partial charge on any atom is 0.328 e. The van der Waals surface area contributed by atoms with Gasteiger partial charge in [0.05, 0.1) is 0 Å². The molecule has 0 saturated carbocycles. The van der Waals surface area contributed by atoms with Gasteiger partial charge in [0, 0.05) is 31.9 Å². The van der Waals surface area contributed by atoms with Crippen molar-refractivity contribution in [1.82, 2.24) is 15.6 Å². The minimum absolute atomic E-state index is 0. The lowest BCUT2D eigenvalue weighted by Gasteiger charge is -2.33. The predicted molar refractivity (Wildman–Crippen MR) is 120 cm³/mol. The third-order valence-electron chi connectivity index (χ3n) is 3.94. The van der Waals surface area contributed by atoms with Crippen LogP contribution in [0.4, 0.5) is 5.82 Å². The largest absolute Gasteiger partial charge is 0.459 e. The Balaban J connectivity index is 0.00000364. The number of nitrogens with one attached hydrogen (secondary N) is 2. The van der Waals surface area contributed by atoms with Crippen molar-refractivity contribution < 1.29 is 9.53 Å². The fourth-order valence-electron chi connectivity index (χ4n) is 2.82. The Morgan fingerprint density at radius 1 is 1.33 bits per heavy atom. The van der Waals surface area contributed by atoms with Crippen molar-refractivity contribution in [1.29, 1.82) is 0 Å². The third kappa shape index (κ3) is 8.77. The molecule has 2 heterocycles. The fourth-order valence-corrected chi connectivity index (χ4v) is 2.82. The van der Waals surface area contributed by atoms with Gasteiger partial charge in [0.2, 0.25) is 0 Å². The van der Waals surface area contributed by atoms with E-state index in [2.05, 4.69) is 25.5 Å². The Hall–Kier alpha value is -1.58. The molecule has 1 saturated heterocycles. The summed E-state index contributed by atoms with van der Waals surface area (Å²) in [7, 11) is 0. The van der Waals surface area contributed by atoms with Gasteiger partial charge in [-0.25, -0.2) is 9.98 Å². The Kier molecular flexibility index (Phi) is 9.82. The molecule has 0 spiro atoms. The zero-order valence-corrected chi connectivity index (χ0v) is 19.0. The molecule has 1 aliphatic heterocycles. The van der Waals surface area contributed by atoms with Crippen LogP contribution >= 0.6 is 24.0 Å². The number of aromatic nitrogens is 1. The van der Waals surface area contributed by atoms with Crippen molar-refractivity contribution >= 4 is 41.7 Å². The van der Waals surface area contributed by atoms with E-state index in [1.807, 2.05) is 52.1 Å². The summed E-state index contributed by atoms with van der Waals surface area (Å²) in [5.41, 5.74) is -0.489. The van der Waals surface area contributed by atoms with Gasteiger partial charge in [0.15, 0.2) is 5.96 Å². The first kappa shape index (κ1) is 23.5. The van der Waals surface area contributed by atoms with Crippen molar-refractivity contribution in [3.8, 4) is 0 Å². The number of pyridine rings is 1. The topological polar surface area (TPSA) is 78.8 Å². The molecule has 0 atom stereocenters. The van der Waals surface area contributed by atoms with Crippen molar-refractivity contribution in [2.24, 2.45) is 4.99 Å². The Labute approximate surface area is 179 Å². The fraction of sp³-hybridized carbons (Fsp3) is 0.632. The molecule has 2 N–H and O–H groups in total. The lowest BCUT2D eigenvalue weighted by atomic mass is 10.1. The highest BCUT2D eigenvalue weighted by atomic mass is 127. The highest BCUT2D eigenvalue weighted by Gasteiger charge is 2.21. The predicted octanol–water partition coefficient (Wildman–Crippen LogP) is 2.57. The van der Waals surface area contributed by atoms with Crippen molar-refractivity contribution in [3.63, 3.8) is 0 Å². The van der Waals surface area contributed by atoms with E-state index < -0.39 is 5.60 Å². The third-order valence-corrected chi connectivity index (χ3v) is 3.94. The number of aliphatic imine (C=N–C) groups is 1. The van der Waals surface area contributed by atoms with Crippen molar-refractivity contribution in [2.75, 3.05) is 31.1 Å². The lowest BCUT2D eigenvalue weighted by Crippen LogP contribution is -2.49. The molecule has 0 unspecified atom stereocenters. The first-order chi connectivity index (χ1) is 12.4. The number of hydrogen-bond donors (Lipinski definition) is 2. The number of anilines is 1. The van der Waals surface area contributed by atoms with Crippen LogP contribution in [0.5, 0.6) is 0 Å². The van der Waals surface area contributed by atoms with Crippen LogP contribution < -0.4 is 15.5 Å². The van der Waals surface area contributed by atoms with Crippen LogP contribution in [-0.4, -0.2) is 54.7 Å². The summed E-state index contributed by atoms with van der Waals surface area (Å²) in [6, 6.07) is 6.31. The van der Waals surface area contributed by atoms with Gasteiger partial charge in [0.25, 0.3) is 0 Å². The first-order valence-electron chi connectivity index (χ1n) is 9.30. The van der Waals surface area contributed by atoms with Crippen LogP contribution in [0.15, 0.2) is 29.4 Å². The van der Waals surface area contributed by atoms with E-state index in [4.69, 9.17) is 4.74 Å². The Morgan fingerprint density at radius 2 is 2.04 bits per heavy atom. The van der Waals surface area contributed by atoms with E-state index in [0.29, 0.717) is 12.0 Å². The second-order valence-electron chi connectivity index (χ2n) is 7.38. The van der Waals surface area contributed by atoms with E-state index in [-0.39, 0.29) is 36.5 Å². The van der Waals surface area contributed by atoms with Gasteiger partial charge in [-0.2, -0.15) is 0 Å². The smallest absolute Gasteiger partial charge is 0.328 e. The molecular weight excluding hydrogens is 457 g/mol. The van der Waals surface area contributed by atoms with Crippen molar-refractivity contribution in [2.45, 2.75) is 52.2 Å². The Bertz CT molecular complexity index is 596. The summed E-state index contributed by atoms with van der Waals surface area (Å²) in [6.45, 7) is 10.2. The number of esters is 1. The van der Waals surface area contributed by atoms with Gasteiger partial charge in [-0.3, -0.25) is 4.79 Å². The number of carbonyl (C=O) groups is 1. The summed E-state index contributed by atoms with van der Waals surface area (Å²) in [5, 5.41) is 6.63. The number of halogens is 1. The maximum absolute atomic E-state index is 11.9. The van der Waals surface area contributed by atoms with E-state index in [1.54, 1.807) is 0 Å². The molecule has 1 fully saturated rings. The van der Waals surface area contributed by atoms with Crippen LogP contribution in [0.25, 0.3) is 0 Å². The molecule has 0 aliphatic carbocycles. The molecule has 7 nitrogen and oxygen atoms in total. The molecule has 0 radical (unpaired) electrons. The molecule has 8 heteroatoms. The first-order valence-corrected chi connectivity index (χ1v) is 9.30. The number of hydrogen-bond acceptors (Lipinski definition) is 5. The minimum atomic E-state index is -0.489. The van der Waals surface area contributed by atoms with Gasteiger partial charge >= 0.3 is 5.97 Å². The normalized spacial score (nSPS) is 15.7. The molecule has 27 heavy (non-hydrogen) atoms. The monoisotopic (exact) mass is 489 g/mol. The summed E-state index contributed by atoms with van der Waals surface area (Å²) < 4.78 is 5.30. The molecule has 1 aromatic heterocycles. The number of nitrogens with zero attached hydrogens (tertiary/aromatic N) is 3. The zero-order chi connectivity index (χ0) is 19.0. The highest BCUT2D eigenvalue weighted by molar-refractivity contribution is 14.0. The lowest BCUT2D eigenvalue weighted by molar-refractivity contribution is -0.152. The summed E-state index contributed by atoms with van der Waals surface area (Å²) >= 11 is 0. The number of rotatable bonds is 5. The maximum atomic E-state index is 11.9. The van der Waals surface area contributed by atoms with Crippen LogP contribution in [0, 0.1) is 0 Å². The van der Waals surface area contributed by atoms with Crippen LogP contribution in [-0.2, 0) is 9.53 Å². The second-order valence-corrected chi connectivity index (χ2v) is 7.38. The molecule has 1 aliphatic rings. The number of ether oxygens (including phenoxy) is 1.